The fraction of sp³-hybridized carbons (Fsp3) is 0.143. The van der Waals surface area contributed by atoms with Crippen molar-refractivity contribution < 1.29 is 26.5 Å². The lowest BCUT2D eigenvalue weighted by Gasteiger charge is -2.00. The molecular formula is C7H7ClO6PS+. The second-order valence-electron chi connectivity index (χ2n) is 2.43. The quantitative estimate of drug-likeness (QED) is 0.469. The molecule has 1 aromatic rings. The van der Waals surface area contributed by atoms with Gasteiger partial charge in [-0.15, -0.1) is 4.52 Å². The third-order valence-electron chi connectivity index (χ3n) is 1.44. The van der Waals surface area contributed by atoms with Gasteiger partial charge in [-0.05, 0) is 12.1 Å². The Morgan fingerprint density at radius 1 is 1.31 bits per heavy atom. The highest BCUT2D eigenvalue weighted by Gasteiger charge is 2.28. The molecule has 0 fully saturated rings. The molecule has 0 aliphatic carbocycles. The summed E-state index contributed by atoms with van der Waals surface area (Å²) < 4.78 is 45.8. The Kier molecular flexibility index (Phi) is 4.79. The van der Waals surface area contributed by atoms with E-state index in [0.717, 1.165) is 7.11 Å². The van der Waals surface area contributed by atoms with Crippen LogP contribution in [-0.4, -0.2) is 15.5 Å². The molecule has 16 heavy (non-hydrogen) atoms. The van der Waals surface area contributed by atoms with Crippen molar-refractivity contribution in [1.82, 2.24) is 0 Å². The van der Waals surface area contributed by atoms with E-state index in [4.69, 9.17) is 11.6 Å². The summed E-state index contributed by atoms with van der Waals surface area (Å²) in [6, 6.07) is 5.60. The van der Waals surface area contributed by atoms with Crippen LogP contribution < -0.4 is 0 Å². The molecule has 0 aliphatic heterocycles. The van der Waals surface area contributed by atoms with Crippen LogP contribution in [0.4, 0.5) is 0 Å². The molecule has 0 aromatic heterocycles. The molecule has 0 aliphatic rings. The van der Waals surface area contributed by atoms with Crippen molar-refractivity contribution in [3.63, 3.8) is 0 Å². The molecular weight excluding hydrogens is 279 g/mol. The molecule has 0 spiro atoms. The van der Waals surface area contributed by atoms with Gasteiger partial charge in [-0.1, -0.05) is 28.1 Å². The standard InChI is InChI=1S/C7H7ClO6PS/c1-12-15(9)13-14-16(10,11)7-5-3-2-4-6(7)8/h2-5H,1H3/q+1. The third kappa shape index (κ3) is 3.48. The molecule has 9 heteroatoms. The zero-order chi connectivity index (χ0) is 12.2. The zero-order valence-electron chi connectivity index (χ0n) is 7.99. The van der Waals surface area contributed by atoms with Gasteiger partial charge < -0.3 is 0 Å². The average molecular weight is 286 g/mol. The number of rotatable bonds is 5. The van der Waals surface area contributed by atoms with E-state index in [1.807, 2.05) is 0 Å². The van der Waals surface area contributed by atoms with Gasteiger partial charge in [0, 0.05) is 4.57 Å². The Morgan fingerprint density at radius 2 is 1.94 bits per heavy atom. The summed E-state index contributed by atoms with van der Waals surface area (Å²) >= 11 is 5.64. The Balaban J connectivity index is 2.87. The Bertz CT molecular complexity index is 487. The molecule has 0 saturated carbocycles. The molecule has 1 rings (SSSR count). The van der Waals surface area contributed by atoms with E-state index in [2.05, 4.69) is 13.5 Å². The molecule has 0 N–H and O–H groups in total. The summed E-state index contributed by atoms with van der Waals surface area (Å²) in [4.78, 5) is -0.281. The fourth-order valence-electron chi connectivity index (χ4n) is 0.779. The normalized spacial score (nSPS) is 12.5. The maximum absolute atomic E-state index is 11.5. The number of benzene rings is 1. The third-order valence-corrected chi connectivity index (χ3v) is 3.61. The van der Waals surface area contributed by atoms with E-state index in [9.17, 15) is 13.0 Å². The monoisotopic (exact) mass is 285 g/mol. The van der Waals surface area contributed by atoms with Crippen LogP contribution in [0, 0.1) is 0 Å². The predicted molar refractivity (Wildman–Crippen MR) is 55.4 cm³/mol. The summed E-state index contributed by atoms with van der Waals surface area (Å²) in [5, 5.41) is -0.0289. The molecule has 6 nitrogen and oxygen atoms in total. The lowest BCUT2D eigenvalue weighted by atomic mass is 10.4. The molecule has 0 bridgehead atoms. The van der Waals surface area contributed by atoms with Crippen LogP contribution in [0.1, 0.15) is 0 Å². The van der Waals surface area contributed by atoms with Gasteiger partial charge in [-0.25, -0.2) is 0 Å². The fourth-order valence-corrected chi connectivity index (χ4v) is 2.40. The number of hydrogen-bond donors (Lipinski definition) is 0. The summed E-state index contributed by atoms with van der Waals surface area (Å²) in [7, 11) is -5.78. The van der Waals surface area contributed by atoms with Gasteiger partial charge >= 0.3 is 18.4 Å². The van der Waals surface area contributed by atoms with Gasteiger partial charge in [0.1, 0.15) is 4.90 Å². The predicted octanol–water partition coefficient (Wildman–Crippen LogP) is 2.28. The van der Waals surface area contributed by atoms with E-state index >= 15 is 0 Å². The zero-order valence-corrected chi connectivity index (χ0v) is 10.5. The highest BCUT2D eigenvalue weighted by Crippen LogP contribution is 2.28. The molecule has 88 valence electrons. The summed E-state index contributed by atoms with van der Waals surface area (Å²) in [6.07, 6.45) is 0. The van der Waals surface area contributed by atoms with E-state index < -0.39 is 18.4 Å². The first kappa shape index (κ1) is 13.5. The van der Waals surface area contributed by atoms with Gasteiger partial charge in [0.25, 0.3) is 0 Å². The molecule has 0 saturated heterocycles. The van der Waals surface area contributed by atoms with Gasteiger partial charge in [-0.2, -0.15) is 8.42 Å². The summed E-state index contributed by atoms with van der Waals surface area (Å²) in [5.41, 5.74) is 0. The Labute approximate surface area is 98.1 Å². The molecule has 0 heterocycles. The van der Waals surface area contributed by atoms with Gasteiger partial charge in [-0.3, -0.25) is 0 Å². The first-order valence-electron chi connectivity index (χ1n) is 3.84. The molecule has 0 amide bonds. The van der Waals surface area contributed by atoms with Crippen molar-refractivity contribution in [1.29, 1.82) is 0 Å². The van der Waals surface area contributed by atoms with E-state index in [1.165, 1.54) is 18.2 Å². The maximum atomic E-state index is 11.5. The minimum atomic E-state index is -4.21. The van der Waals surface area contributed by atoms with Crippen molar-refractivity contribution in [2.45, 2.75) is 4.90 Å². The van der Waals surface area contributed by atoms with Crippen LogP contribution in [0.15, 0.2) is 29.2 Å². The number of halogens is 1. The van der Waals surface area contributed by atoms with Crippen molar-refractivity contribution in [2.75, 3.05) is 7.11 Å². The lowest BCUT2D eigenvalue weighted by Crippen LogP contribution is -2.05. The molecule has 1 aromatic carbocycles. The Morgan fingerprint density at radius 3 is 2.50 bits per heavy atom. The van der Waals surface area contributed by atoms with Crippen molar-refractivity contribution in [3.8, 4) is 0 Å². The SMILES string of the molecule is CO[P+](=O)OOS(=O)(=O)c1ccccc1Cl. The van der Waals surface area contributed by atoms with Crippen LogP contribution in [0.5, 0.6) is 0 Å². The molecule has 1 atom stereocenters. The van der Waals surface area contributed by atoms with Gasteiger partial charge in [0.15, 0.2) is 0 Å². The van der Waals surface area contributed by atoms with Gasteiger partial charge in [0.05, 0.1) is 16.8 Å². The van der Waals surface area contributed by atoms with Crippen molar-refractivity contribution in [2.24, 2.45) is 0 Å². The Hall–Kier alpha value is -0.560. The largest absolute Gasteiger partial charge is 0.729 e. The van der Waals surface area contributed by atoms with Crippen LogP contribution in [0.25, 0.3) is 0 Å². The summed E-state index contributed by atoms with van der Waals surface area (Å²) in [5.74, 6) is 0. The summed E-state index contributed by atoms with van der Waals surface area (Å²) in [6.45, 7) is 0. The smallest absolute Gasteiger partial charge is 0.191 e. The second-order valence-corrected chi connectivity index (χ2v) is 5.29. The molecule has 1 unspecified atom stereocenters. The highest BCUT2D eigenvalue weighted by atomic mass is 35.5. The van der Waals surface area contributed by atoms with Crippen LogP contribution in [0.3, 0.4) is 0 Å². The minimum Gasteiger partial charge on any atom is -0.191 e. The van der Waals surface area contributed by atoms with E-state index in [0.29, 0.717) is 0 Å². The van der Waals surface area contributed by atoms with E-state index in [1.54, 1.807) is 6.07 Å². The minimum absolute atomic E-state index is 0.0289. The molecule has 0 radical (unpaired) electrons. The van der Waals surface area contributed by atoms with Crippen molar-refractivity contribution >= 4 is 30.0 Å². The average Bonchev–Trinajstić information content (AvgIpc) is 2.26. The van der Waals surface area contributed by atoms with Crippen molar-refractivity contribution in [3.05, 3.63) is 29.3 Å². The topological polar surface area (TPSA) is 78.9 Å². The van der Waals surface area contributed by atoms with E-state index in [-0.39, 0.29) is 9.92 Å². The first-order chi connectivity index (χ1) is 7.47. The highest BCUT2D eigenvalue weighted by molar-refractivity contribution is 7.86. The van der Waals surface area contributed by atoms with Crippen LogP contribution in [0.2, 0.25) is 5.02 Å². The second kappa shape index (κ2) is 5.67. The first-order valence-corrected chi connectivity index (χ1v) is 6.72. The van der Waals surface area contributed by atoms with Gasteiger partial charge in [0.2, 0.25) is 0 Å². The lowest BCUT2D eigenvalue weighted by molar-refractivity contribution is -0.0962. The number of hydrogen-bond acceptors (Lipinski definition) is 6. The van der Waals surface area contributed by atoms with Crippen LogP contribution in [-0.2, 0) is 28.2 Å². The maximum Gasteiger partial charge on any atom is 0.729 e. The van der Waals surface area contributed by atoms with Crippen LogP contribution >= 0.6 is 19.9 Å².